The Kier molecular flexibility index (Phi) is 7.51. The van der Waals surface area contributed by atoms with Crippen molar-refractivity contribution >= 4 is 17.7 Å². The molecule has 0 aromatic heterocycles. The molecule has 0 N–H and O–H groups in total. The Morgan fingerprint density at radius 1 is 0.885 bits per heavy atom. The molecule has 6 heteroatoms. The summed E-state index contributed by atoms with van der Waals surface area (Å²) in [5.74, 6) is -1.52. The van der Waals surface area contributed by atoms with Crippen molar-refractivity contribution in [2.24, 2.45) is 0 Å². The van der Waals surface area contributed by atoms with Crippen molar-refractivity contribution in [1.82, 2.24) is 0 Å². The van der Waals surface area contributed by atoms with E-state index in [0.717, 1.165) is 5.56 Å². The van der Waals surface area contributed by atoms with Crippen LogP contribution in [0, 0.1) is 0 Å². The van der Waals surface area contributed by atoms with Gasteiger partial charge in [-0.1, -0.05) is 60.7 Å². The summed E-state index contributed by atoms with van der Waals surface area (Å²) in [5.41, 5.74) is 1.20. The van der Waals surface area contributed by atoms with Crippen LogP contribution in [0.2, 0.25) is 0 Å². The Morgan fingerprint density at radius 2 is 1.50 bits per heavy atom. The second-order valence-corrected chi connectivity index (χ2v) is 5.43. The fraction of sp³-hybridized carbons (Fsp3) is 0.250. The van der Waals surface area contributed by atoms with E-state index in [1.165, 1.54) is 6.92 Å². The Morgan fingerprint density at radius 3 is 2.12 bits per heavy atom. The van der Waals surface area contributed by atoms with Crippen LogP contribution in [0.3, 0.4) is 0 Å². The molecule has 0 amide bonds. The smallest absolute Gasteiger partial charge is 0.310 e. The summed E-state index contributed by atoms with van der Waals surface area (Å²) in [6.45, 7) is 1.07. The fourth-order valence-corrected chi connectivity index (χ4v) is 2.18. The Labute approximate surface area is 151 Å². The molecular formula is C20H20O6. The molecule has 0 aliphatic carbocycles. The van der Waals surface area contributed by atoms with Gasteiger partial charge in [0.2, 0.25) is 5.78 Å². The lowest BCUT2D eigenvalue weighted by Crippen LogP contribution is -2.31. The van der Waals surface area contributed by atoms with Gasteiger partial charge in [-0.3, -0.25) is 14.4 Å². The number of carbonyl (C=O) groups is 3. The summed E-state index contributed by atoms with van der Waals surface area (Å²) in [6, 6.07) is 17.6. The van der Waals surface area contributed by atoms with Crippen molar-refractivity contribution in [2.75, 3.05) is 13.2 Å². The molecule has 0 aliphatic heterocycles. The van der Waals surface area contributed by atoms with Gasteiger partial charge >= 0.3 is 11.9 Å². The highest BCUT2D eigenvalue weighted by molar-refractivity contribution is 5.99. The summed E-state index contributed by atoms with van der Waals surface area (Å²) in [5, 5.41) is 0. The van der Waals surface area contributed by atoms with E-state index in [2.05, 4.69) is 0 Å². The van der Waals surface area contributed by atoms with E-state index < -0.39 is 24.0 Å². The van der Waals surface area contributed by atoms with Crippen molar-refractivity contribution in [1.29, 1.82) is 0 Å². The zero-order valence-electron chi connectivity index (χ0n) is 14.4. The summed E-state index contributed by atoms with van der Waals surface area (Å²) in [7, 11) is 0. The molecule has 1 atom stereocenters. The molecule has 0 fully saturated rings. The molecule has 0 bridgehead atoms. The minimum absolute atomic E-state index is 0.0501. The van der Waals surface area contributed by atoms with Crippen molar-refractivity contribution in [3.05, 3.63) is 71.8 Å². The van der Waals surface area contributed by atoms with E-state index in [9.17, 15) is 14.4 Å². The van der Waals surface area contributed by atoms with Crippen LogP contribution in [0.15, 0.2) is 60.7 Å². The van der Waals surface area contributed by atoms with Crippen molar-refractivity contribution < 1.29 is 28.6 Å². The van der Waals surface area contributed by atoms with Gasteiger partial charge in [0.05, 0.1) is 13.0 Å². The second-order valence-electron chi connectivity index (χ2n) is 5.43. The molecule has 1 unspecified atom stereocenters. The van der Waals surface area contributed by atoms with Gasteiger partial charge in [-0.05, 0) is 5.56 Å². The number of rotatable bonds is 9. The molecule has 2 rings (SSSR count). The third kappa shape index (κ3) is 6.49. The van der Waals surface area contributed by atoms with Crippen LogP contribution in [0.5, 0.6) is 0 Å². The Hall–Kier alpha value is -2.99. The predicted octanol–water partition coefficient (Wildman–Crippen LogP) is 2.56. The lowest BCUT2D eigenvalue weighted by molar-refractivity contribution is -0.170. The van der Waals surface area contributed by atoms with E-state index in [1.54, 1.807) is 30.3 Å². The van der Waals surface area contributed by atoms with Crippen molar-refractivity contribution in [2.45, 2.75) is 19.6 Å². The third-order valence-corrected chi connectivity index (χ3v) is 3.35. The zero-order chi connectivity index (χ0) is 18.8. The highest BCUT2D eigenvalue weighted by atomic mass is 16.7. The monoisotopic (exact) mass is 356 g/mol. The molecule has 26 heavy (non-hydrogen) atoms. The summed E-state index contributed by atoms with van der Waals surface area (Å²) >= 11 is 0. The molecule has 6 nitrogen and oxygen atoms in total. The second kappa shape index (κ2) is 10.1. The Balaban J connectivity index is 1.81. The maximum absolute atomic E-state index is 12.3. The number of Topliss-reactive ketones (excluding diaryl/α,β-unsaturated/α-hetero) is 1. The molecule has 0 spiro atoms. The minimum Gasteiger partial charge on any atom is -0.463 e. The van der Waals surface area contributed by atoms with Gasteiger partial charge in [0.25, 0.3) is 6.29 Å². The molecule has 0 saturated heterocycles. The number of ketones is 1. The van der Waals surface area contributed by atoms with Crippen LogP contribution in [0.4, 0.5) is 0 Å². The zero-order valence-corrected chi connectivity index (χ0v) is 14.4. The number of hydrogen-bond acceptors (Lipinski definition) is 6. The number of hydrogen-bond donors (Lipinski definition) is 0. The largest absolute Gasteiger partial charge is 0.463 e. The predicted molar refractivity (Wildman–Crippen MR) is 93.4 cm³/mol. The van der Waals surface area contributed by atoms with Crippen LogP contribution in [0.25, 0.3) is 0 Å². The summed E-state index contributed by atoms with van der Waals surface area (Å²) < 4.78 is 15.3. The van der Waals surface area contributed by atoms with E-state index in [4.69, 9.17) is 14.2 Å². The molecule has 0 heterocycles. The molecule has 2 aromatic carbocycles. The first-order valence-electron chi connectivity index (χ1n) is 8.14. The SMILES string of the molecule is CC(=O)OC(OCCOC(=O)Cc1ccccc1)C(=O)c1ccccc1. The van der Waals surface area contributed by atoms with E-state index >= 15 is 0 Å². The Bertz CT molecular complexity index is 726. The van der Waals surface area contributed by atoms with Crippen molar-refractivity contribution in [3.8, 4) is 0 Å². The van der Waals surface area contributed by atoms with Gasteiger partial charge in [-0.25, -0.2) is 0 Å². The minimum atomic E-state index is -1.37. The first kappa shape index (κ1) is 19.3. The topological polar surface area (TPSA) is 78.9 Å². The quantitative estimate of drug-likeness (QED) is 0.297. The van der Waals surface area contributed by atoms with Gasteiger partial charge < -0.3 is 14.2 Å². The van der Waals surface area contributed by atoms with Gasteiger partial charge in [0, 0.05) is 12.5 Å². The highest BCUT2D eigenvalue weighted by Crippen LogP contribution is 2.08. The molecule has 2 aromatic rings. The normalized spacial score (nSPS) is 11.4. The van der Waals surface area contributed by atoms with Gasteiger partial charge in [-0.15, -0.1) is 0 Å². The summed E-state index contributed by atoms with van der Waals surface area (Å²) in [6.07, 6.45) is -1.22. The summed E-state index contributed by atoms with van der Waals surface area (Å²) in [4.78, 5) is 35.3. The van der Waals surface area contributed by atoms with E-state index in [-0.39, 0.29) is 19.6 Å². The lowest BCUT2D eigenvalue weighted by atomic mass is 10.1. The molecule has 136 valence electrons. The van der Waals surface area contributed by atoms with Crippen LogP contribution >= 0.6 is 0 Å². The average Bonchev–Trinajstić information content (AvgIpc) is 2.65. The van der Waals surface area contributed by atoms with E-state index in [1.807, 2.05) is 30.3 Å². The standard InChI is InChI=1S/C20H20O6/c1-15(21)26-20(19(23)17-10-6-3-7-11-17)25-13-12-24-18(22)14-16-8-4-2-5-9-16/h2-11,20H,12-14H2,1H3. The first-order chi connectivity index (χ1) is 12.6. The number of esters is 2. The van der Waals surface area contributed by atoms with Gasteiger partial charge in [0.1, 0.15) is 6.61 Å². The van der Waals surface area contributed by atoms with Gasteiger partial charge in [-0.2, -0.15) is 0 Å². The molecular weight excluding hydrogens is 336 g/mol. The fourth-order valence-electron chi connectivity index (χ4n) is 2.18. The van der Waals surface area contributed by atoms with Crippen LogP contribution < -0.4 is 0 Å². The van der Waals surface area contributed by atoms with Crippen LogP contribution in [-0.4, -0.2) is 37.2 Å². The molecule has 0 radical (unpaired) electrons. The van der Waals surface area contributed by atoms with Crippen LogP contribution in [-0.2, 0) is 30.2 Å². The molecule has 0 saturated carbocycles. The number of ether oxygens (including phenoxy) is 3. The maximum Gasteiger partial charge on any atom is 0.310 e. The molecule has 0 aliphatic rings. The highest BCUT2D eigenvalue weighted by Gasteiger charge is 2.23. The van der Waals surface area contributed by atoms with Crippen molar-refractivity contribution in [3.63, 3.8) is 0 Å². The first-order valence-corrected chi connectivity index (χ1v) is 8.14. The lowest BCUT2D eigenvalue weighted by Gasteiger charge is -2.16. The number of carbonyl (C=O) groups excluding carboxylic acids is 3. The maximum atomic E-state index is 12.3. The van der Waals surface area contributed by atoms with Crippen LogP contribution in [0.1, 0.15) is 22.8 Å². The average molecular weight is 356 g/mol. The third-order valence-electron chi connectivity index (χ3n) is 3.35. The van der Waals surface area contributed by atoms with E-state index in [0.29, 0.717) is 5.56 Å². The number of benzene rings is 2. The van der Waals surface area contributed by atoms with Gasteiger partial charge in [0.15, 0.2) is 0 Å².